The van der Waals surface area contributed by atoms with Crippen LogP contribution in [0.2, 0.25) is 0 Å². The van der Waals surface area contributed by atoms with Crippen molar-refractivity contribution in [2.75, 3.05) is 12.4 Å². The van der Waals surface area contributed by atoms with Crippen LogP contribution in [-0.4, -0.2) is 32.4 Å². The molecule has 0 saturated heterocycles. The van der Waals surface area contributed by atoms with Gasteiger partial charge in [-0.2, -0.15) is 0 Å². The minimum atomic E-state index is 0.546. The summed E-state index contributed by atoms with van der Waals surface area (Å²) in [5, 5.41) is 3.41. The molecule has 0 radical (unpaired) electrons. The maximum absolute atomic E-state index is 6.04. The van der Waals surface area contributed by atoms with Crippen molar-refractivity contribution in [1.82, 2.24) is 25.3 Å². The Morgan fingerprint density at radius 1 is 1.09 bits per heavy atom. The fraction of sp³-hybridized carbons (Fsp3) is 0.407. The second-order valence-electron chi connectivity index (χ2n) is 8.69. The van der Waals surface area contributed by atoms with E-state index in [1.807, 2.05) is 6.07 Å². The van der Waals surface area contributed by atoms with Crippen molar-refractivity contribution in [3.63, 3.8) is 0 Å². The smallest absolute Gasteiger partial charge is 0.180 e. The number of aromatic nitrogens is 4. The van der Waals surface area contributed by atoms with Gasteiger partial charge in [-0.1, -0.05) is 39.3 Å². The molecule has 0 bridgehead atoms. The Morgan fingerprint density at radius 3 is 2.47 bits per heavy atom. The van der Waals surface area contributed by atoms with Crippen LogP contribution in [0.1, 0.15) is 56.0 Å². The molecular weight excluding hydrogens is 440 g/mol. The predicted molar refractivity (Wildman–Crippen MR) is 144 cm³/mol. The lowest BCUT2D eigenvalue weighted by atomic mass is 9.92. The average Bonchev–Trinajstić information content (AvgIpc) is 2.84. The summed E-state index contributed by atoms with van der Waals surface area (Å²) in [4.78, 5) is 19.3. The third-order valence-corrected chi connectivity index (χ3v) is 6.81. The van der Waals surface area contributed by atoms with Crippen LogP contribution >= 0.6 is 11.8 Å². The SMILES string of the molecule is CCCNCS/C(=C\N)c1cc(-c2c(C)cc(CC(C)CC)cc2C)nc(-c2cnccn2)n1. The molecule has 2 aromatic heterocycles. The molecule has 1 atom stereocenters. The second-order valence-corrected chi connectivity index (χ2v) is 9.71. The van der Waals surface area contributed by atoms with E-state index in [1.165, 1.54) is 23.1 Å². The molecule has 180 valence electrons. The highest BCUT2D eigenvalue weighted by Gasteiger charge is 2.17. The summed E-state index contributed by atoms with van der Waals surface area (Å²) in [6.07, 6.45) is 9.98. The highest BCUT2D eigenvalue weighted by Crippen LogP contribution is 2.33. The molecule has 0 spiro atoms. The van der Waals surface area contributed by atoms with Gasteiger partial charge >= 0.3 is 0 Å². The number of nitrogens with two attached hydrogens (primary N) is 1. The van der Waals surface area contributed by atoms with E-state index in [9.17, 15) is 0 Å². The molecule has 0 fully saturated rings. The zero-order valence-corrected chi connectivity index (χ0v) is 21.7. The molecule has 1 aromatic carbocycles. The zero-order valence-electron chi connectivity index (χ0n) is 20.9. The summed E-state index contributed by atoms with van der Waals surface area (Å²) < 4.78 is 0. The summed E-state index contributed by atoms with van der Waals surface area (Å²) in [5.41, 5.74) is 13.3. The minimum absolute atomic E-state index is 0.546. The van der Waals surface area contributed by atoms with Crippen molar-refractivity contribution in [3.05, 3.63) is 65.4 Å². The van der Waals surface area contributed by atoms with Crippen molar-refractivity contribution < 1.29 is 0 Å². The monoisotopic (exact) mass is 476 g/mol. The van der Waals surface area contributed by atoms with Gasteiger partial charge in [-0.25, -0.2) is 15.0 Å². The van der Waals surface area contributed by atoms with Crippen LogP contribution in [-0.2, 0) is 6.42 Å². The van der Waals surface area contributed by atoms with Crippen molar-refractivity contribution >= 4 is 16.7 Å². The van der Waals surface area contributed by atoms with E-state index in [4.69, 9.17) is 15.7 Å². The summed E-state index contributed by atoms with van der Waals surface area (Å²) in [5.74, 6) is 1.97. The van der Waals surface area contributed by atoms with Crippen LogP contribution in [0.25, 0.3) is 27.7 Å². The number of aryl methyl sites for hydroxylation is 2. The Balaban J connectivity index is 2.07. The molecular formula is C27H36N6S. The summed E-state index contributed by atoms with van der Waals surface area (Å²) in [6.45, 7) is 12.0. The molecule has 0 aliphatic carbocycles. The Morgan fingerprint density at radius 2 is 1.85 bits per heavy atom. The van der Waals surface area contributed by atoms with Gasteiger partial charge in [0.25, 0.3) is 0 Å². The van der Waals surface area contributed by atoms with Crippen molar-refractivity contribution in [2.24, 2.45) is 11.7 Å². The number of benzene rings is 1. The van der Waals surface area contributed by atoms with E-state index in [0.717, 1.165) is 47.1 Å². The molecule has 7 heteroatoms. The topological polar surface area (TPSA) is 89.6 Å². The van der Waals surface area contributed by atoms with Crippen molar-refractivity contribution in [3.8, 4) is 22.8 Å². The molecule has 6 nitrogen and oxygen atoms in total. The normalized spacial score (nSPS) is 12.7. The van der Waals surface area contributed by atoms with E-state index >= 15 is 0 Å². The lowest BCUT2D eigenvalue weighted by molar-refractivity contribution is 0.560. The van der Waals surface area contributed by atoms with Gasteiger partial charge in [0.05, 0.1) is 17.6 Å². The Labute approximate surface area is 207 Å². The standard InChI is InChI=1S/C27H36N6S/c1-6-8-30-17-34-25(15-28)22-14-23(33-27(32-22)24-16-29-9-10-31-24)26-19(4)12-21(13-20(26)5)11-18(3)7-2/h9-10,12-16,18,30H,6-8,11,17,28H2,1-5H3/b25-15-. The third-order valence-electron chi connectivity index (χ3n) is 5.81. The van der Waals surface area contributed by atoms with Gasteiger partial charge in [0.1, 0.15) is 5.69 Å². The van der Waals surface area contributed by atoms with Gasteiger partial charge in [-0.3, -0.25) is 4.98 Å². The number of nitrogens with zero attached hydrogens (tertiary/aromatic N) is 4. The number of hydrogen-bond donors (Lipinski definition) is 2. The maximum atomic E-state index is 6.04. The first-order valence-corrected chi connectivity index (χ1v) is 13.0. The molecule has 0 aliphatic heterocycles. The highest BCUT2D eigenvalue weighted by atomic mass is 32.2. The predicted octanol–water partition coefficient (Wildman–Crippen LogP) is 5.75. The minimum Gasteiger partial charge on any atom is -0.404 e. The molecule has 1 unspecified atom stereocenters. The van der Waals surface area contributed by atoms with E-state index < -0.39 is 0 Å². The molecule has 0 saturated carbocycles. The third kappa shape index (κ3) is 6.64. The first-order chi connectivity index (χ1) is 16.5. The van der Waals surface area contributed by atoms with Crippen LogP contribution in [0.3, 0.4) is 0 Å². The first-order valence-electron chi connectivity index (χ1n) is 12.0. The van der Waals surface area contributed by atoms with Gasteiger partial charge in [0.15, 0.2) is 5.82 Å². The fourth-order valence-corrected chi connectivity index (χ4v) is 4.69. The molecule has 3 aromatic rings. The number of thioether (sulfide) groups is 1. The second kappa shape index (κ2) is 12.6. The van der Waals surface area contributed by atoms with Gasteiger partial charge in [0.2, 0.25) is 0 Å². The van der Waals surface area contributed by atoms with Crippen molar-refractivity contribution in [2.45, 2.75) is 53.9 Å². The van der Waals surface area contributed by atoms with Crippen LogP contribution in [0.5, 0.6) is 0 Å². The summed E-state index contributed by atoms with van der Waals surface area (Å²) in [6, 6.07) is 6.62. The van der Waals surface area contributed by atoms with Crippen molar-refractivity contribution in [1.29, 1.82) is 0 Å². The van der Waals surface area contributed by atoms with Gasteiger partial charge in [0, 0.05) is 34.9 Å². The Bertz CT molecular complexity index is 1090. The zero-order chi connectivity index (χ0) is 24.5. The average molecular weight is 477 g/mol. The highest BCUT2D eigenvalue weighted by molar-refractivity contribution is 8.08. The number of hydrogen-bond acceptors (Lipinski definition) is 7. The summed E-state index contributed by atoms with van der Waals surface area (Å²) >= 11 is 1.64. The summed E-state index contributed by atoms with van der Waals surface area (Å²) in [7, 11) is 0. The van der Waals surface area contributed by atoms with E-state index in [1.54, 1.807) is 36.6 Å². The van der Waals surface area contributed by atoms with Crippen LogP contribution in [0, 0.1) is 19.8 Å². The Kier molecular flexibility index (Phi) is 9.60. The number of nitrogens with one attached hydrogen (secondary N) is 1. The van der Waals surface area contributed by atoms with E-state index in [-0.39, 0.29) is 0 Å². The van der Waals surface area contributed by atoms with Crippen LogP contribution in [0.15, 0.2) is 43.0 Å². The van der Waals surface area contributed by atoms with Gasteiger partial charge < -0.3 is 11.1 Å². The quantitative estimate of drug-likeness (QED) is 0.269. The van der Waals surface area contributed by atoms with E-state index in [0.29, 0.717) is 17.4 Å². The van der Waals surface area contributed by atoms with E-state index in [2.05, 4.69) is 62.0 Å². The van der Waals surface area contributed by atoms with Crippen LogP contribution < -0.4 is 11.1 Å². The molecule has 3 N–H and O–H groups in total. The maximum Gasteiger partial charge on any atom is 0.180 e. The first kappa shape index (κ1) is 25.8. The molecule has 2 heterocycles. The van der Waals surface area contributed by atoms with Gasteiger partial charge in [-0.05, 0) is 61.9 Å². The Hall–Kier alpha value is -2.77. The lowest BCUT2D eigenvalue weighted by Crippen LogP contribution is -2.13. The largest absolute Gasteiger partial charge is 0.404 e. The molecule has 0 aliphatic rings. The lowest BCUT2D eigenvalue weighted by Gasteiger charge is -2.16. The molecule has 0 amide bonds. The number of rotatable bonds is 11. The van der Waals surface area contributed by atoms with Crippen LogP contribution in [0.4, 0.5) is 0 Å². The van der Waals surface area contributed by atoms with Gasteiger partial charge in [-0.15, -0.1) is 11.8 Å². The fourth-order valence-electron chi connectivity index (χ4n) is 3.94. The molecule has 34 heavy (non-hydrogen) atoms. The molecule has 3 rings (SSSR count).